The van der Waals surface area contributed by atoms with E-state index < -0.39 is 5.60 Å². The Morgan fingerprint density at radius 2 is 1.84 bits per heavy atom. The van der Waals surface area contributed by atoms with Gasteiger partial charge in [-0.1, -0.05) is 0 Å². The maximum atomic E-state index is 11.1. The lowest BCUT2D eigenvalue weighted by atomic mass is 9.77. The van der Waals surface area contributed by atoms with Crippen LogP contribution in [0, 0.1) is 5.92 Å². The average molecular weight is 263 g/mol. The van der Waals surface area contributed by atoms with Gasteiger partial charge in [-0.25, -0.2) is 0 Å². The van der Waals surface area contributed by atoms with Crippen LogP contribution in [-0.4, -0.2) is 43.9 Å². The van der Waals surface area contributed by atoms with E-state index in [1.54, 1.807) is 14.2 Å². The molecule has 3 unspecified atom stereocenters. The third-order valence-electron chi connectivity index (χ3n) is 4.61. The van der Waals surface area contributed by atoms with E-state index in [0.717, 1.165) is 49.5 Å². The molecule has 0 radical (unpaired) electrons. The SMILES string of the molecule is COc1cc(OC)cc(C2(O)CCN3CCC2C3)c1. The van der Waals surface area contributed by atoms with E-state index in [9.17, 15) is 5.11 Å². The fourth-order valence-electron chi connectivity index (χ4n) is 3.40. The average Bonchev–Trinajstić information content (AvgIpc) is 2.87. The third kappa shape index (κ3) is 2.09. The number of ether oxygens (including phenoxy) is 2. The van der Waals surface area contributed by atoms with Crippen molar-refractivity contribution in [3.63, 3.8) is 0 Å². The van der Waals surface area contributed by atoms with Crippen molar-refractivity contribution in [3.8, 4) is 11.5 Å². The number of hydrogen-bond donors (Lipinski definition) is 1. The van der Waals surface area contributed by atoms with Crippen molar-refractivity contribution in [3.05, 3.63) is 23.8 Å². The van der Waals surface area contributed by atoms with Crippen LogP contribution in [-0.2, 0) is 5.60 Å². The first-order valence-corrected chi connectivity index (χ1v) is 6.84. The van der Waals surface area contributed by atoms with Gasteiger partial charge in [-0.15, -0.1) is 0 Å². The van der Waals surface area contributed by atoms with Gasteiger partial charge >= 0.3 is 0 Å². The Morgan fingerprint density at radius 1 is 1.16 bits per heavy atom. The lowest BCUT2D eigenvalue weighted by Crippen LogP contribution is -2.44. The number of fused-ring (bicyclic) bond motifs is 2. The normalized spacial score (nSPS) is 33.2. The first-order valence-electron chi connectivity index (χ1n) is 6.84. The molecule has 2 bridgehead atoms. The van der Waals surface area contributed by atoms with Crippen molar-refractivity contribution in [2.24, 2.45) is 5.92 Å². The summed E-state index contributed by atoms with van der Waals surface area (Å²) in [5.41, 5.74) is 0.185. The largest absolute Gasteiger partial charge is 0.497 e. The van der Waals surface area contributed by atoms with Gasteiger partial charge in [0.15, 0.2) is 0 Å². The van der Waals surface area contributed by atoms with Gasteiger partial charge in [0.1, 0.15) is 11.5 Å². The minimum Gasteiger partial charge on any atom is -0.497 e. The molecule has 4 nitrogen and oxygen atoms in total. The third-order valence-corrected chi connectivity index (χ3v) is 4.61. The first kappa shape index (κ1) is 12.8. The highest BCUT2D eigenvalue weighted by atomic mass is 16.5. The van der Waals surface area contributed by atoms with Crippen LogP contribution in [0.25, 0.3) is 0 Å². The molecule has 3 rings (SSSR count). The fraction of sp³-hybridized carbons (Fsp3) is 0.600. The predicted molar refractivity (Wildman–Crippen MR) is 72.6 cm³/mol. The zero-order valence-electron chi connectivity index (χ0n) is 11.6. The molecule has 19 heavy (non-hydrogen) atoms. The second kappa shape index (κ2) is 4.69. The summed E-state index contributed by atoms with van der Waals surface area (Å²) in [6.45, 7) is 3.07. The van der Waals surface area contributed by atoms with E-state index >= 15 is 0 Å². The van der Waals surface area contributed by atoms with Crippen LogP contribution < -0.4 is 9.47 Å². The predicted octanol–water partition coefficient (Wildman–Crippen LogP) is 1.62. The Bertz CT molecular complexity index is 454. The maximum Gasteiger partial charge on any atom is 0.122 e. The Morgan fingerprint density at radius 3 is 2.47 bits per heavy atom. The zero-order valence-corrected chi connectivity index (χ0v) is 11.6. The van der Waals surface area contributed by atoms with E-state index in [-0.39, 0.29) is 0 Å². The van der Waals surface area contributed by atoms with E-state index in [1.807, 2.05) is 18.2 Å². The van der Waals surface area contributed by atoms with Gasteiger partial charge in [-0.05, 0) is 37.1 Å². The minimum atomic E-state index is -0.741. The van der Waals surface area contributed by atoms with Crippen LogP contribution in [0.3, 0.4) is 0 Å². The molecular formula is C15H21NO3. The summed E-state index contributed by atoms with van der Waals surface area (Å²) in [4.78, 5) is 2.43. The topological polar surface area (TPSA) is 41.9 Å². The van der Waals surface area contributed by atoms with Gasteiger partial charge < -0.3 is 19.5 Å². The van der Waals surface area contributed by atoms with Crippen molar-refractivity contribution in [1.82, 2.24) is 4.90 Å². The highest BCUT2D eigenvalue weighted by molar-refractivity contribution is 5.41. The molecule has 4 heteroatoms. The Balaban J connectivity index is 2.00. The van der Waals surface area contributed by atoms with Gasteiger partial charge in [0.25, 0.3) is 0 Å². The highest BCUT2D eigenvalue weighted by Crippen LogP contribution is 2.44. The van der Waals surface area contributed by atoms with Crippen molar-refractivity contribution in [1.29, 1.82) is 0 Å². The van der Waals surface area contributed by atoms with Crippen LogP contribution in [0.4, 0.5) is 0 Å². The van der Waals surface area contributed by atoms with Gasteiger partial charge in [0.05, 0.1) is 19.8 Å². The number of benzene rings is 1. The van der Waals surface area contributed by atoms with Crippen LogP contribution in [0.15, 0.2) is 18.2 Å². The molecular weight excluding hydrogens is 242 g/mol. The number of rotatable bonds is 3. The molecule has 1 aromatic rings. The molecule has 0 spiro atoms. The lowest BCUT2D eigenvalue weighted by Gasteiger charge is -2.39. The van der Waals surface area contributed by atoms with E-state index in [0.29, 0.717) is 5.92 Å². The van der Waals surface area contributed by atoms with Gasteiger partial charge in [0.2, 0.25) is 0 Å². The van der Waals surface area contributed by atoms with Gasteiger partial charge in [0, 0.05) is 25.1 Å². The molecule has 2 aliphatic heterocycles. The summed E-state index contributed by atoms with van der Waals surface area (Å²) in [6.07, 6.45) is 1.85. The second-order valence-corrected chi connectivity index (χ2v) is 5.56. The minimum absolute atomic E-state index is 0.318. The maximum absolute atomic E-state index is 11.1. The number of hydrogen-bond acceptors (Lipinski definition) is 4. The quantitative estimate of drug-likeness (QED) is 0.900. The number of methoxy groups -OCH3 is 2. The summed E-state index contributed by atoms with van der Waals surface area (Å²) in [7, 11) is 3.28. The monoisotopic (exact) mass is 263 g/mol. The van der Waals surface area contributed by atoms with Gasteiger partial charge in [-0.2, -0.15) is 0 Å². The van der Waals surface area contributed by atoms with Gasteiger partial charge in [-0.3, -0.25) is 0 Å². The number of piperidine rings is 1. The van der Waals surface area contributed by atoms with E-state index in [4.69, 9.17) is 9.47 Å². The van der Waals surface area contributed by atoms with E-state index in [2.05, 4.69) is 4.90 Å². The molecule has 2 fully saturated rings. The van der Waals surface area contributed by atoms with Crippen molar-refractivity contribution >= 4 is 0 Å². The molecule has 0 amide bonds. The van der Waals surface area contributed by atoms with Crippen molar-refractivity contribution in [2.45, 2.75) is 18.4 Å². The summed E-state index contributed by atoms with van der Waals surface area (Å²) in [5, 5.41) is 11.1. The fourth-order valence-corrected chi connectivity index (χ4v) is 3.40. The Kier molecular flexibility index (Phi) is 3.15. The Hall–Kier alpha value is -1.26. The molecule has 0 saturated carbocycles. The molecule has 0 aliphatic carbocycles. The molecule has 3 atom stereocenters. The zero-order chi connectivity index (χ0) is 13.5. The molecule has 104 valence electrons. The summed E-state index contributed by atoms with van der Waals surface area (Å²) < 4.78 is 10.6. The number of aliphatic hydroxyl groups is 1. The van der Waals surface area contributed by atoms with Crippen molar-refractivity contribution in [2.75, 3.05) is 33.9 Å². The van der Waals surface area contributed by atoms with Crippen LogP contribution in [0.5, 0.6) is 11.5 Å². The van der Waals surface area contributed by atoms with Crippen molar-refractivity contribution < 1.29 is 14.6 Å². The molecule has 2 heterocycles. The highest BCUT2D eigenvalue weighted by Gasteiger charge is 2.46. The summed E-state index contributed by atoms with van der Waals surface area (Å²) >= 11 is 0. The molecule has 2 saturated heterocycles. The van der Waals surface area contributed by atoms with E-state index in [1.165, 1.54) is 0 Å². The molecule has 2 aliphatic rings. The summed E-state index contributed by atoms with van der Waals surface area (Å²) in [6, 6.07) is 5.73. The lowest BCUT2D eigenvalue weighted by molar-refractivity contribution is -0.0504. The molecule has 1 aromatic carbocycles. The molecule has 0 aromatic heterocycles. The summed E-state index contributed by atoms with van der Waals surface area (Å²) in [5.74, 6) is 1.80. The van der Waals surface area contributed by atoms with Crippen LogP contribution >= 0.6 is 0 Å². The van der Waals surface area contributed by atoms with Crippen LogP contribution in [0.1, 0.15) is 18.4 Å². The first-order chi connectivity index (χ1) is 9.15. The molecule has 1 N–H and O–H groups in total. The number of nitrogens with zero attached hydrogens (tertiary/aromatic N) is 1. The Labute approximate surface area is 113 Å². The standard InChI is InChI=1S/C15H21NO3/c1-18-13-7-12(8-14(9-13)19-2)15(17)4-6-16-5-3-11(15)10-16/h7-9,11,17H,3-6,10H2,1-2H3. The smallest absolute Gasteiger partial charge is 0.122 e. The second-order valence-electron chi connectivity index (χ2n) is 5.56. The van der Waals surface area contributed by atoms with Crippen LogP contribution in [0.2, 0.25) is 0 Å².